The first kappa shape index (κ1) is 18.0. The maximum absolute atomic E-state index is 12.2. The van der Waals surface area contributed by atoms with E-state index in [1.54, 1.807) is 29.1 Å². The number of esters is 1. The van der Waals surface area contributed by atoms with Crippen LogP contribution in [0.15, 0.2) is 48.4 Å². The van der Waals surface area contributed by atoms with Crippen LogP contribution in [0, 0.1) is 5.92 Å². The van der Waals surface area contributed by atoms with E-state index in [-0.39, 0.29) is 23.6 Å². The van der Waals surface area contributed by atoms with E-state index in [4.69, 9.17) is 9.47 Å². The highest BCUT2D eigenvalue weighted by atomic mass is 16.5. The molecule has 0 aliphatic carbocycles. The van der Waals surface area contributed by atoms with Crippen molar-refractivity contribution in [3.8, 4) is 0 Å². The van der Waals surface area contributed by atoms with Gasteiger partial charge in [-0.15, -0.1) is 13.2 Å². The van der Waals surface area contributed by atoms with Crippen LogP contribution >= 0.6 is 0 Å². The van der Waals surface area contributed by atoms with Gasteiger partial charge in [-0.1, -0.05) is 12.2 Å². The van der Waals surface area contributed by atoms with Crippen LogP contribution in [-0.4, -0.2) is 37.5 Å². The van der Waals surface area contributed by atoms with Gasteiger partial charge < -0.3 is 14.5 Å². The molecule has 6 heteroatoms. The lowest BCUT2D eigenvalue weighted by atomic mass is 9.92. The minimum absolute atomic E-state index is 0.136. The highest BCUT2D eigenvalue weighted by Gasteiger charge is 2.29. The SMILES string of the molecule is C=CCN(CC=C)n1cc([C@H]2C[C@@H](C(=O)OC)CCO2)ccc1=O. The lowest BCUT2D eigenvalue weighted by Crippen LogP contribution is -2.42. The minimum atomic E-state index is -0.232. The van der Waals surface area contributed by atoms with Gasteiger partial charge in [-0.2, -0.15) is 0 Å². The molecule has 0 aromatic carbocycles. The van der Waals surface area contributed by atoms with E-state index < -0.39 is 0 Å². The Hall–Kier alpha value is -2.34. The topological polar surface area (TPSA) is 60.8 Å². The van der Waals surface area contributed by atoms with E-state index in [1.807, 2.05) is 5.01 Å². The predicted molar refractivity (Wildman–Crippen MR) is 92.5 cm³/mol. The number of carbonyl (C=O) groups excluding carboxylic acids is 1. The molecule has 130 valence electrons. The van der Waals surface area contributed by atoms with Crippen molar-refractivity contribution >= 4 is 5.97 Å². The van der Waals surface area contributed by atoms with Gasteiger partial charge in [-0.25, -0.2) is 4.68 Å². The Morgan fingerprint density at radius 1 is 1.42 bits per heavy atom. The number of methoxy groups -OCH3 is 1. The van der Waals surface area contributed by atoms with Crippen LogP contribution in [0.25, 0.3) is 0 Å². The monoisotopic (exact) mass is 332 g/mol. The number of hydrogen-bond acceptors (Lipinski definition) is 5. The Bertz CT molecular complexity index is 643. The predicted octanol–water partition coefficient (Wildman–Crippen LogP) is 1.80. The second-order valence-electron chi connectivity index (χ2n) is 5.70. The first-order valence-electron chi connectivity index (χ1n) is 7.99. The number of aromatic nitrogens is 1. The minimum Gasteiger partial charge on any atom is -0.469 e. The van der Waals surface area contributed by atoms with Crippen LogP contribution in [0.1, 0.15) is 24.5 Å². The van der Waals surface area contributed by atoms with Gasteiger partial charge in [0.1, 0.15) is 0 Å². The molecule has 0 saturated carbocycles. The molecule has 1 aromatic rings. The number of nitrogens with zero attached hydrogens (tertiary/aromatic N) is 2. The molecule has 2 rings (SSSR count). The summed E-state index contributed by atoms with van der Waals surface area (Å²) >= 11 is 0. The molecule has 0 spiro atoms. The molecule has 0 amide bonds. The molecule has 6 nitrogen and oxygen atoms in total. The average Bonchev–Trinajstić information content (AvgIpc) is 2.61. The van der Waals surface area contributed by atoms with Gasteiger partial charge in [-0.3, -0.25) is 9.59 Å². The summed E-state index contributed by atoms with van der Waals surface area (Å²) in [5, 5.41) is 1.83. The zero-order valence-corrected chi connectivity index (χ0v) is 14.0. The van der Waals surface area contributed by atoms with Crippen LogP contribution < -0.4 is 10.6 Å². The molecule has 2 heterocycles. The maximum Gasteiger partial charge on any atom is 0.308 e. The van der Waals surface area contributed by atoms with E-state index in [9.17, 15) is 9.59 Å². The smallest absolute Gasteiger partial charge is 0.308 e. The van der Waals surface area contributed by atoms with Gasteiger partial charge in [0, 0.05) is 18.9 Å². The molecule has 24 heavy (non-hydrogen) atoms. The number of pyridine rings is 1. The first-order chi connectivity index (χ1) is 11.6. The Kier molecular flexibility index (Phi) is 6.37. The third-order valence-electron chi connectivity index (χ3n) is 4.09. The average molecular weight is 332 g/mol. The van der Waals surface area contributed by atoms with Crippen molar-refractivity contribution in [3.63, 3.8) is 0 Å². The van der Waals surface area contributed by atoms with Crippen LogP contribution in [0.5, 0.6) is 0 Å². The zero-order chi connectivity index (χ0) is 17.5. The molecule has 0 unspecified atom stereocenters. The Morgan fingerprint density at radius 3 is 2.75 bits per heavy atom. The van der Waals surface area contributed by atoms with Crippen molar-refractivity contribution < 1.29 is 14.3 Å². The molecule has 1 aliphatic rings. The van der Waals surface area contributed by atoms with Crippen molar-refractivity contribution in [3.05, 3.63) is 59.6 Å². The fraction of sp³-hybridized carbons (Fsp3) is 0.444. The molecule has 1 fully saturated rings. The third kappa shape index (κ3) is 4.14. The summed E-state index contributed by atoms with van der Waals surface area (Å²) < 4.78 is 12.2. The number of rotatable bonds is 7. The van der Waals surface area contributed by atoms with Crippen molar-refractivity contribution in [1.29, 1.82) is 0 Å². The number of carbonyl (C=O) groups is 1. The molecular formula is C18H24N2O4. The number of ether oxygens (including phenoxy) is 2. The van der Waals surface area contributed by atoms with E-state index >= 15 is 0 Å². The van der Waals surface area contributed by atoms with Crippen molar-refractivity contribution in [2.24, 2.45) is 5.92 Å². The summed E-state index contributed by atoms with van der Waals surface area (Å²) in [5.41, 5.74) is 0.726. The second-order valence-corrected chi connectivity index (χ2v) is 5.70. The lowest BCUT2D eigenvalue weighted by molar-refractivity contribution is -0.150. The third-order valence-corrected chi connectivity index (χ3v) is 4.09. The fourth-order valence-corrected chi connectivity index (χ4v) is 2.86. The van der Waals surface area contributed by atoms with Crippen molar-refractivity contribution in [2.75, 3.05) is 31.8 Å². The van der Waals surface area contributed by atoms with Crippen LogP contribution in [-0.2, 0) is 14.3 Å². The first-order valence-corrected chi connectivity index (χ1v) is 7.99. The molecule has 1 aromatic heterocycles. The molecule has 0 N–H and O–H groups in total. The molecule has 1 saturated heterocycles. The molecule has 0 radical (unpaired) electrons. The van der Waals surface area contributed by atoms with Gasteiger partial charge in [0.2, 0.25) is 0 Å². The fourth-order valence-electron chi connectivity index (χ4n) is 2.86. The van der Waals surface area contributed by atoms with Crippen LogP contribution in [0.2, 0.25) is 0 Å². The molecule has 2 atom stereocenters. The van der Waals surface area contributed by atoms with Gasteiger partial charge in [-0.05, 0) is 24.5 Å². The summed E-state index contributed by atoms with van der Waals surface area (Å²) in [4.78, 5) is 24.0. The summed E-state index contributed by atoms with van der Waals surface area (Å²) in [6, 6.07) is 3.27. The molecular weight excluding hydrogens is 308 g/mol. The molecule has 0 bridgehead atoms. The summed E-state index contributed by atoms with van der Waals surface area (Å²) in [6.45, 7) is 8.97. The zero-order valence-electron chi connectivity index (χ0n) is 14.0. The van der Waals surface area contributed by atoms with Crippen LogP contribution in [0.3, 0.4) is 0 Å². The van der Waals surface area contributed by atoms with Gasteiger partial charge in [0.05, 0.1) is 32.2 Å². The van der Waals surface area contributed by atoms with Gasteiger partial charge in [0.15, 0.2) is 0 Å². The van der Waals surface area contributed by atoms with Crippen LogP contribution in [0.4, 0.5) is 0 Å². The normalized spacial score (nSPS) is 20.2. The molecule has 1 aliphatic heterocycles. The van der Waals surface area contributed by atoms with Gasteiger partial charge in [0.25, 0.3) is 5.56 Å². The van der Waals surface area contributed by atoms with Crippen molar-refractivity contribution in [1.82, 2.24) is 4.68 Å². The Morgan fingerprint density at radius 2 is 2.12 bits per heavy atom. The Labute approximate surface area is 142 Å². The number of hydrogen-bond donors (Lipinski definition) is 0. The summed E-state index contributed by atoms with van der Waals surface area (Å²) in [5.74, 6) is -0.386. The lowest BCUT2D eigenvalue weighted by Gasteiger charge is -2.30. The standard InChI is InChI=1S/C18H24N2O4/c1-4-9-19(10-5-2)20-13-15(6-7-17(20)21)16-12-14(8-11-24-16)18(22)23-3/h4-7,13-14,16H,1-2,8-12H2,3H3/t14-,16+/m0/s1. The quantitative estimate of drug-likeness (QED) is 0.563. The largest absolute Gasteiger partial charge is 0.469 e. The van der Waals surface area contributed by atoms with E-state index in [0.29, 0.717) is 32.5 Å². The second kappa shape index (κ2) is 8.49. The van der Waals surface area contributed by atoms with E-state index in [1.165, 1.54) is 13.2 Å². The summed E-state index contributed by atoms with van der Waals surface area (Å²) in [6.07, 6.45) is 6.19. The van der Waals surface area contributed by atoms with E-state index in [2.05, 4.69) is 13.2 Å². The maximum atomic E-state index is 12.2. The highest BCUT2D eigenvalue weighted by molar-refractivity contribution is 5.72. The van der Waals surface area contributed by atoms with Crippen molar-refractivity contribution in [2.45, 2.75) is 18.9 Å². The van der Waals surface area contributed by atoms with Gasteiger partial charge >= 0.3 is 5.97 Å². The Balaban J connectivity index is 2.26. The highest BCUT2D eigenvalue weighted by Crippen LogP contribution is 2.31. The van der Waals surface area contributed by atoms with E-state index in [0.717, 1.165) is 5.56 Å². The summed E-state index contributed by atoms with van der Waals surface area (Å²) in [7, 11) is 1.40.